The largest absolute Gasteiger partial charge is 0.359 e. The summed E-state index contributed by atoms with van der Waals surface area (Å²) in [5.41, 5.74) is 6.12. The van der Waals surface area contributed by atoms with Crippen molar-refractivity contribution in [1.82, 2.24) is 10.2 Å². The van der Waals surface area contributed by atoms with E-state index in [0.29, 0.717) is 18.5 Å². The van der Waals surface area contributed by atoms with Crippen molar-refractivity contribution >= 4 is 5.91 Å². The molecule has 16 heavy (non-hydrogen) atoms. The summed E-state index contributed by atoms with van der Waals surface area (Å²) in [6, 6.07) is 0.831. The fourth-order valence-corrected chi connectivity index (χ4v) is 2.47. The van der Waals surface area contributed by atoms with E-state index in [1.54, 1.807) is 7.05 Å². The lowest BCUT2D eigenvalue weighted by atomic mass is 9.90. The minimum Gasteiger partial charge on any atom is -0.359 e. The highest BCUT2D eigenvalue weighted by atomic mass is 16.1. The number of hydrogen-bond donors (Lipinski definition) is 2. The van der Waals surface area contributed by atoms with Gasteiger partial charge < -0.3 is 16.0 Å². The van der Waals surface area contributed by atoms with E-state index in [1.807, 2.05) is 0 Å². The normalized spacial score (nSPS) is 25.8. The molecule has 1 aliphatic carbocycles. The molecule has 94 valence electrons. The highest BCUT2D eigenvalue weighted by Gasteiger charge is 2.24. The molecule has 2 atom stereocenters. The summed E-state index contributed by atoms with van der Waals surface area (Å²) in [6.07, 6.45) is 6.44. The van der Waals surface area contributed by atoms with E-state index in [1.165, 1.54) is 19.3 Å². The molecule has 0 radical (unpaired) electrons. The smallest absolute Gasteiger partial charge is 0.219 e. The molecule has 2 unspecified atom stereocenters. The van der Waals surface area contributed by atoms with Crippen molar-refractivity contribution in [1.29, 1.82) is 0 Å². The van der Waals surface area contributed by atoms with Gasteiger partial charge in [-0.1, -0.05) is 12.8 Å². The van der Waals surface area contributed by atoms with E-state index in [2.05, 4.69) is 17.3 Å². The lowest BCUT2D eigenvalue weighted by Crippen LogP contribution is -2.48. The molecule has 0 aromatic carbocycles. The van der Waals surface area contributed by atoms with Crippen molar-refractivity contribution in [3.8, 4) is 0 Å². The van der Waals surface area contributed by atoms with Gasteiger partial charge in [-0.2, -0.15) is 0 Å². The maximum absolute atomic E-state index is 11.1. The van der Waals surface area contributed by atoms with Gasteiger partial charge in [0.05, 0.1) is 0 Å². The van der Waals surface area contributed by atoms with Crippen LogP contribution in [0.25, 0.3) is 0 Å². The van der Waals surface area contributed by atoms with E-state index >= 15 is 0 Å². The Morgan fingerprint density at radius 2 is 2.12 bits per heavy atom. The Labute approximate surface area is 98.6 Å². The van der Waals surface area contributed by atoms with Crippen LogP contribution in [-0.2, 0) is 4.79 Å². The van der Waals surface area contributed by atoms with Crippen LogP contribution in [0.3, 0.4) is 0 Å². The average molecular weight is 227 g/mol. The highest BCUT2D eigenvalue weighted by Crippen LogP contribution is 2.21. The molecule has 1 rings (SSSR count). The van der Waals surface area contributed by atoms with Gasteiger partial charge in [-0.15, -0.1) is 0 Å². The van der Waals surface area contributed by atoms with Crippen molar-refractivity contribution < 1.29 is 4.79 Å². The Bertz CT molecular complexity index is 220. The summed E-state index contributed by atoms with van der Waals surface area (Å²) >= 11 is 0. The average Bonchev–Trinajstić information content (AvgIpc) is 2.29. The van der Waals surface area contributed by atoms with Gasteiger partial charge in [0, 0.05) is 25.6 Å². The number of hydrogen-bond acceptors (Lipinski definition) is 3. The van der Waals surface area contributed by atoms with Crippen molar-refractivity contribution in [2.75, 3.05) is 20.6 Å². The molecule has 1 aliphatic rings. The Kier molecular flexibility index (Phi) is 5.77. The van der Waals surface area contributed by atoms with Gasteiger partial charge >= 0.3 is 0 Å². The standard InChI is InChI=1S/C12H25N3O/c1-14-12(16)8-5-9-15(2)11-7-4-3-6-10(11)13/h10-11H,3-9,13H2,1-2H3,(H,14,16). The van der Waals surface area contributed by atoms with Gasteiger partial charge in [-0.05, 0) is 32.9 Å². The van der Waals surface area contributed by atoms with Crippen LogP contribution < -0.4 is 11.1 Å². The van der Waals surface area contributed by atoms with Gasteiger partial charge in [0.1, 0.15) is 0 Å². The second-order valence-corrected chi connectivity index (χ2v) is 4.77. The zero-order valence-electron chi connectivity index (χ0n) is 10.5. The molecule has 0 aromatic rings. The summed E-state index contributed by atoms with van der Waals surface area (Å²) < 4.78 is 0. The third-order valence-electron chi connectivity index (χ3n) is 3.54. The molecule has 0 saturated heterocycles. The summed E-state index contributed by atoms with van der Waals surface area (Å²) in [6.45, 7) is 0.964. The van der Waals surface area contributed by atoms with Crippen LogP contribution in [0, 0.1) is 0 Å². The van der Waals surface area contributed by atoms with Crippen LogP contribution in [0.2, 0.25) is 0 Å². The van der Waals surface area contributed by atoms with Crippen LogP contribution >= 0.6 is 0 Å². The van der Waals surface area contributed by atoms with Gasteiger partial charge in [-0.3, -0.25) is 4.79 Å². The van der Waals surface area contributed by atoms with Crippen molar-refractivity contribution in [2.24, 2.45) is 5.73 Å². The predicted octanol–water partition coefficient (Wildman–Crippen LogP) is 0.714. The Hall–Kier alpha value is -0.610. The summed E-state index contributed by atoms with van der Waals surface area (Å²) in [4.78, 5) is 13.4. The van der Waals surface area contributed by atoms with Crippen LogP contribution in [0.1, 0.15) is 38.5 Å². The van der Waals surface area contributed by atoms with Crippen LogP contribution in [-0.4, -0.2) is 43.5 Å². The van der Waals surface area contributed by atoms with Crippen molar-refractivity contribution in [2.45, 2.75) is 50.6 Å². The second kappa shape index (κ2) is 6.86. The minimum absolute atomic E-state index is 0.126. The first-order valence-corrected chi connectivity index (χ1v) is 6.31. The van der Waals surface area contributed by atoms with Gasteiger partial charge in [0.2, 0.25) is 5.91 Å². The summed E-state index contributed by atoms with van der Waals surface area (Å²) in [7, 11) is 3.81. The fourth-order valence-electron chi connectivity index (χ4n) is 2.47. The number of likely N-dealkylation sites (N-methyl/N-ethyl adjacent to an activating group) is 1. The topological polar surface area (TPSA) is 58.4 Å². The number of carbonyl (C=O) groups excluding carboxylic acids is 1. The highest BCUT2D eigenvalue weighted by molar-refractivity contribution is 5.75. The van der Waals surface area contributed by atoms with Crippen LogP contribution in [0.4, 0.5) is 0 Å². The molecule has 4 heteroatoms. The molecule has 1 amide bonds. The van der Waals surface area contributed by atoms with Gasteiger partial charge in [-0.25, -0.2) is 0 Å². The maximum Gasteiger partial charge on any atom is 0.219 e. The Balaban J connectivity index is 2.22. The molecular formula is C12H25N3O. The first-order valence-electron chi connectivity index (χ1n) is 6.31. The Morgan fingerprint density at radius 1 is 1.44 bits per heavy atom. The van der Waals surface area contributed by atoms with E-state index < -0.39 is 0 Å². The van der Waals surface area contributed by atoms with Gasteiger partial charge in [0.25, 0.3) is 0 Å². The number of amides is 1. The molecule has 3 N–H and O–H groups in total. The zero-order valence-corrected chi connectivity index (χ0v) is 10.5. The number of rotatable bonds is 5. The maximum atomic E-state index is 11.1. The third kappa shape index (κ3) is 4.10. The van der Waals surface area contributed by atoms with Gasteiger partial charge in [0.15, 0.2) is 0 Å². The molecular weight excluding hydrogens is 202 g/mol. The SMILES string of the molecule is CNC(=O)CCCN(C)C1CCCCC1N. The number of carbonyl (C=O) groups is 1. The quantitative estimate of drug-likeness (QED) is 0.727. The lowest BCUT2D eigenvalue weighted by molar-refractivity contribution is -0.120. The second-order valence-electron chi connectivity index (χ2n) is 4.77. The number of nitrogens with one attached hydrogen (secondary N) is 1. The van der Waals surface area contributed by atoms with Crippen LogP contribution in [0.15, 0.2) is 0 Å². The molecule has 0 aromatic heterocycles. The van der Waals surface area contributed by atoms with Crippen LogP contribution in [0.5, 0.6) is 0 Å². The lowest BCUT2D eigenvalue weighted by Gasteiger charge is -2.36. The fraction of sp³-hybridized carbons (Fsp3) is 0.917. The predicted molar refractivity (Wildman–Crippen MR) is 66.2 cm³/mol. The molecule has 0 heterocycles. The molecule has 0 bridgehead atoms. The first-order chi connectivity index (χ1) is 7.65. The third-order valence-corrected chi connectivity index (χ3v) is 3.54. The molecule has 1 fully saturated rings. The molecule has 4 nitrogen and oxygen atoms in total. The zero-order chi connectivity index (χ0) is 12.0. The number of nitrogens with zero attached hydrogens (tertiary/aromatic N) is 1. The van der Waals surface area contributed by atoms with E-state index in [-0.39, 0.29) is 5.91 Å². The molecule has 0 spiro atoms. The monoisotopic (exact) mass is 227 g/mol. The Morgan fingerprint density at radius 3 is 2.75 bits per heavy atom. The molecule has 1 saturated carbocycles. The van der Waals surface area contributed by atoms with Crippen molar-refractivity contribution in [3.63, 3.8) is 0 Å². The first kappa shape index (κ1) is 13.5. The van der Waals surface area contributed by atoms with E-state index in [9.17, 15) is 4.79 Å². The molecule has 0 aliphatic heterocycles. The summed E-state index contributed by atoms with van der Waals surface area (Å²) in [5, 5.41) is 2.64. The van der Waals surface area contributed by atoms with E-state index in [4.69, 9.17) is 5.73 Å². The van der Waals surface area contributed by atoms with E-state index in [0.717, 1.165) is 19.4 Å². The van der Waals surface area contributed by atoms with Crippen molar-refractivity contribution in [3.05, 3.63) is 0 Å². The number of nitrogens with two attached hydrogens (primary N) is 1. The summed E-state index contributed by atoms with van der Waals surface area (Å²) in [5.74, 6) is 0.126. The minimum atomic E-state index is 0.126.